The van der Waals surface area contributed by atoms with Crippen molar-refractivity contribution in [2.24, 2.45) is 0 Å². The molecule has 2 aromatic heterocycles. The topological polar surface area (TPSA) is 51.0 Å². The van der Waals surface area contributed by atoms with Gasteiger partial charge in [0.25, 0.3) is 5.91 Å². The van der Waals surface area contributed by atoms with Crippen LogP contribution in [0.2, 0.25) is 10.2 Å². The van der Waals surface area contributed by atoms with Crippen molar-refractivity contribution in [1.29, 1.82) is 0 Å². The number of nitrogens with zero attached hydrogens (tertiary/aromatic N) is 4. The Morgan fingerprint density at radius 2 is 2.11 bits per heavy atom. The molecule has 0 saturated carbocycles. The third-order valence-electron chi connectivity index (χ3n) is 5.21. The number of amides is 1. The second-order valence-corrected chi connectivity index (χ2v) is 7.70. The molecule has 1 fully saturated rings. The fourth-order valence-electron chi connectivity index (χ4n) is 4.00. The van der Waals surface area contributed by atoms with E-state index in [0.29, 0.717) is 18.0 Å². The smallest absolute Gasteiger partial charge is 0.255 e. The largest absolute Gasteiger partial charge is 0.345 e. The zero-order valence-corrected chi connectivity index (χ0v) is 16.5. The highest BCUT2D eigenvalue weighted by atomic mass is 35.5. The van der Waals surface area contributed by atoms with Crippen molar-refractivity contribution in [2.75, 3.05) is 13.1 Å². The number of benzene rings is 1. The first kappa shape index (κ1) is 18.3. The van der Waals surface area contributed by atoms with Crippen LogP contribution in [-0.2, 0) is 6.54 Å². The van der Waals surface area contributed by atoms with Crippen LogP contribution in [-0.4, -0.2) is 38.7 Å². The number of carbonyl (C=O) groups excluding carboxylic acids is 1. The molecule has 4 rings (SSSR count). The van der Waals surface area contributed by atoms with Crippen molar-refractivity contribution >= 4 is 40.0 Å². The molecule has 7 heteroatoms. The van der Waals surface area contributed by atoms with Gasteiger partial charge in [0.05, 0.1) is 11.8 Å². The maximum atomic E-state index is 12.9. The van der Waals surface area contributed by atoms with Crippen molar-refractivity contribution in [2.45, 2.75) is 32.2 Å². The van der Waals surface area contributed by atoms with Crippen LogP contribution in [0.15, 0.2) is 36.5 Å². The number of aromatic nitrogens is 3. The average molecular weight is 403 g/mol. The minimum Gasteiger partial charge on any atom is -0.345 e. The molecule has 1 aliphatic heterocycles. The van der Waals surface area contributed by atoms with Gasteiger partial charge in [0, 0.05) is 47.2 Å². The number of aryl methyl sites for hydroxylation is 1. The van der Waals surface area contributed by atoms with E-state index in [2.05, 4.69) is 33.8 Å². The van der Waals surface area contributed by atoms with E-state index in [9.17, 15) is 4.79 Å². The Morgan fingerprint density at radius 3 is 2.89 bits per heavy atom. The SMILES string of the molecule is CCn1c(C2CCCN(C(=O)c3cnnc(Cl)c3)C2)cc2cc(Cl)ccc21. The molecule has 1 amide bonds. The van der Waals surface area contributed by atoms with Gasteiger partial charge >= 0.3 is 0 Å². The van der Waals surface area contributed by atoms with Crippen LogP contribution in [0.25, 0.3) is 10.9 Å². The van der Waals surface area contributed by atoms with Gasteiger partial charge in [0.2, 0.25) is 0 Å². The molecule has 1 saturated heterocycles. The van der Waals surface area contributed by atoms with Crippen molar-refractivity contribution in [3.8, 4) is 0 Å². The van der Waals surface area contributed by atoms with E-state index < -0.39 is 0 Å². The Kier molecular flexibility index (Phi) is 5.06. The summed E-state index contributed by atoms with van der Waals surface area (Å²) >= 11 is 12.1. The fourth-order valence-corrected chi connectivity index (χ4v) is 4.34. The monoisotopic (exact) mass is 402 g/mol. The van der Waals surface area contributed by atoms with Crippen LogP contribution < -0.4 is 0 Å². The number of piperidine rings is 1. The van der Waals surface area contributed by atoms with E-state index in [1.165, 1.54) is 17.4 Å². The second kappa shape index (κ2) is 7.49. The molecule has 0 spiro atoms. The maximum absolute atomic E-state index is 12.9. The first-order valence-corrected chi connectivity index (χ1v) is 9.88. The molecule has 1 aromatic carbocycles. The van der Waals surface area contributed by atoms with Gasteiger partial charge in [-0.3, -0.25) is 4.79 Å². The highest BCUT2D eigenvalue weighted by molar-refractivity contribution is 6.31. The molecule has 1 atom stereocenters. The summed E-state index contributed by atoms with van der Waals surface area (Å²) in [5, 5.41) is 9.63. The number of rotatable bonds is 3. The minimum absolute atomic E-state index is 0.0429. The Balaban J connectivity index is 1.63. The van der Waals surface area contributed by atoms with Gasteiger partial charge in [0.1, 0.15) is 0 Å². The molecule has 5 nitrogen and oxygen atoms in total. The standard InChI is InChI=1S/C20H20Cl2N4O/c1-2-26-17-6-5-16(21)8-14(17)9-18(26)13-4-3-7-25(12-13)20(27)15-10-19(22)24-23-11-15/h5-6,8-11,13H,2-4,7,12H2,1H3. The lowest BCUT2D eigenvalue weighted by atomic mass is 9.94. The molecule has 27 heavy (non-hydrogen) atoms. The van der Waals surface area contributed by atoms with Gasteiger partial charge in [-0.25, -0.2) is 0 Å². The number of hydrogen-bond acceptors (Lipinski definition) is 3. The number of carbonyl (C=O) groups is 1. The molecule has 140 valence electrons. The zero-order chi connectivity index (χ0) is 19.0. The molecular formula is C20H20Cl2N4O. The highest BCUT2D eigenvalue weighted by Crippen LogP contribution is 2.33. The lowest BCUT2D eigenvalue weighted by molar-refractivity contribution is 0.0704. The maximum Gasteiger partial charge on any atom is 0.255 e. The Morgan fingerprint density at radius 1 is 1.26 bits per heavy atom. The average Bonchev–Trinajstić information content (AvgIpc) is 3.05. The summed E-state index contributed by atoms with van der Waals surface area (Å²) in [5.41, 5.74) is 2.93. The van der Waals surface area contributed by atoms with E-state index >= 15 is 0 Å². The number of likely N-dealkylation sites (tertiary alicyclic amines) is 1. The van der Waals surface area contributed by atoms with Gasteiger partial charge in [-0.05, 0) is 50.1 Å². The number of hydrogen-bond donors (Lipinski definition) is 0. The molecule has 0 bridgehead atoms. The van der Waals surface area contributed by atoms with E-state index in [-0.39, 0.29) is 11.1 Å². The van der Waals surface area contributed by atoms with Crippen LogP contribution in [0.3, 0.4) is 0 Å². The molecule has 3 aromatic rings. The van der Waals surface area contributed by atoms with Gasteiger partial charge in [-0.2, -0.15) is 5.10 Å². The lowest BCUT2D eigenvalue weighted by Gasteiger charge is -2.33. The summed E-state index contributed by atoms with van der Waals surface area (Å²) in [6.45, 7) is 4.46. The van der Waals surface area contributed by atoms with Crippen molar-refractivity contribution in [3.05, 3.63) is 58.0 Å². The summed E-state index contributed by atoms with van der Waals surface area (Å²) in [6.07, 6.45) is 3.50. The van der Waals surface area contributed by atoms with Crippen molar-refractivity contribution in [3.63, 3.8) is 0 Å². The first-order chi connectivity index (χ1) is 13.1. The summed E-state index contributed by atoms with van der Waals surface area (Å²) in [7, 11) is 0. The molecule has 3 heterocycles. The molecule has 0 N–H and O–H groups in total. The number of halogens is 2. The number of fused-ring (bicyclic) bond motifs is 1. The quantitative estimate of drug-likeness (QED) is 0.633. The molecule has 0 aliphatic carbocycles. The Hall–Kier alpha value is -2.11. The first-order valence-electron chi connectivity index (χ1n) is 9.13. The third kappa shape index (κ3) is 3.54. The lowest BCUT2D eigenvalue weighted by Crippen LogP contribution is -2.39. The predicted octanol–water partition coefficient (Wildman–Crippen LogP) is 4.78. The summed E-state index contributed by atoms with van der Waals surface area (Å²) in [5.74, 6) is 0.248. The van der Waals surface area contributed by atoms with Gasteiger partial charge < -0.3 is 9.47 Å². The Bertz CT molecular complexity index is 1000. The van der Waals surface area contributed by atoms with Crippen LogP contribution in [0.1, 0.15) is 41.7 Å². The molecule has 1 unspecified atom stereocenters. The molecular weight excluding hydrogens is 383 g/mol. The molecule has 0 radical (unpaired) electrons. The van der Waals surface area contributed by atoms with Gasteiger partial charge in [0.15, 0.2) is 5.15 Å². The predicted molar refractivity (Wildman–Crippen MR) is 108 cm³/mol. The fraction of sp³-hybridized carbons (Fsp3) is 0.350. The Labute approximate surface area is 167 Å². The van der Waals surface area contributed by atoms with Gasteiger partial charge in [-0.1, -0.05) is 23.2 Å². The molecule has 1 aliphatic rings. The van der Waals surface area contributed by atoms with Crippen molar-refractivity contribution < 1.29 is 4.79 Å². The third-order valence-corrected chi connectivity index (χ3v) is 5.63. The normalized spacial score (nSPS) is 17.4. The highest BCUT2D eigenvalue weighted by Gasteiger charge is 2.28. The van der Waals surface area contributed by atoms with Crippen molar-refractivity contribution in [1.82, 2.24) is 19.7 Å². The van der Waals surface area contributed by atoms with E-state index in [1.807, 2.05) is 17.0 Å². The van der Waals surface area contributed by atoms with E-state index in [4.69, 9.17) is 23.2 Å². The minimum atomic E-state index is -0.0429. The van der Waals surface area contributed by atoms with E-state index in [1.54, 1.807) is 6.07 Å². The van der Waals surface area contributed by atoms with E-state index in [0.717, 1.165) is 36.3 Å². The van der Waals surface area contributed by atoms with Crippen LogP contribution in [0.4, 0.5) is 0 Å². The van der Waals surface area contributed by atoms with Crippen LogP contribution in [0.5, 0.6) is 0 Å². The van der Waals surface area contributed by atoms with Crippen LogP contribution >= 0.6 is 23.2 Å². The second-order valence-electron chi connectivity index (χ2n) is 6.87. The summed E-state index contributed by atoms with van der Waals surface area (Å²) in [6, 6.07) is 9.79. The van der Waals surface area contributed by atoms with Gasteiger partial charge in [-0.15, -0.1) is 5.10 Å². The van der Waals surface area contributed by atoms with Crippen LogP contribution in [0, 0.1) is 0 Å². The summed E-state index contributed by atoms with van der Waals surface area (Å²) in [4.78, 5) is 14.8. The summed E-state index contributed by atoms with van der Waals surface area (Å²) < 4.78 is 2.33. The zero-order valence-electron chi connectivity index (χ0n) is 15.0.